The lowest BCUT2D eigenvalue weighted by molar-refractivity contribution is -0.493. The molecule has 1 aromatic carbocycles. The molecule has 1 aliphatic heterocycles. The van der Waals surface area contributed by atoms with E-state index in [1.807, 2.05) is 0 Å². The van der Waals surface area contributed by atoms with Gasteiger partial charge in [-0.25, -0.2) is 9.18 Å². The number of fused-ring (bicyclic) bond motifs is 1. The normalized spacial score (nSPS) is 18.9. The zero-order chi connectivity index (χ0) is 11.9. The van der Waals surface area contributed by atoms with Gasteiger partial charge in [-0.2, -0.15) is 0 Å². The fourth-order valence-corrected chi connectivity index (χ4v) is 1.38. The number of nitrogens with zero attached hydrogens (tertiary/aromatic N) is 1. The number of ether oxygens (including phenoxy) is 1. The molecule has 0 saturated carbocycles. The molecule has 1 heterocycles. The summed E-state index contributed by atoms with van der Waals surface area (Å²) in [6.07, 6.45) is 0. The van der Waals surface area contributed by atoms with Gasteiger partial charge in [0.15, 0.2) is 0 Å². The Morgan fingerprint density at radius 2 is 2.06 bits per heavy atom. The highest BCUT2D eigenvalue weighted by Crippen LogP contribution is 2.26. The summed E-state index contributed by atoms with van der Waals surface area (Å²) in [5.74, 6) is -3.20. The summed E-state index contributed by atoms with van der Waals surface area (Å²) in [5.41, 5.74) is -0.290. The minimum Gasteiger partial charge on any atom is -0.420 e. The van der Waals surface area contributed by atoms with Crippen LogP contribution >= 0.6 is 0 Å². The van der Waals surface area contributed by atoms with Crippen LogP contribution in [0, 0.1) is 15.9 Å². The van der Waals surface area contributed by atoms with Gasteiger partial charge >= 0.3 is 12.0 Å². The van der Waals surface area contributed by atoms with Crippen LogP contribution in [0.25, 0.3) is 0 Å². The van der Waals surface area contributed by atoms with Crippen LogP contribution in [0.5, 0.6) is 5.75 Å². The molecule has 16 heavy (non-hydrogen) atoms. The molecule has 0 bridgehead atoms. The van der Waals surface area contributed by atoms with Crippen LogP contribution in [-0.2, 0) is 4.79 Å². The minimum atomic E-state index is -2.10. The first-order valence-electron chi connectivity index (χ1n) is 4.19. The van der Waals surface area contributed by atoms with Gasteiger partial charge in [0.1, 0.15) is 11.6 Å². The molecule has 0 radical (unpaired) electrons. The van der Waals surface area contributed by atoms with Gasteiger partial charge < -0.3 is 4.74 Å². The number of carbonyl (C=O) groups is 2. The molecular formula is C9H4FNO5. The molecule has 1 aliphatic rings. The van der Waals surface area contributed by atoms with E-state index < -0.39 is 28.5 Å². The highest BCUT2D eigenvalue weighted by Gasteiger charge is 2.45. The number of hydrogen-bond acceptors (Lipinski definition) is 5. The summed E-state index contributed by atoms with van der Waals surface area (Å²) in [6.45, 7) is 0. The van der Waals surface area contributed by atoms with E-state index >= 15 is 0 Å². The summed E-state index contributed by atoms with van der Waals surface area (Å²) in [7, 11) is 0. The third-order valence-electron chi connectivity index (χ3n) is 2.10. The predicted molar refractivity (Wildman–Crippen MR) is 47.1 cm³/mol. The number of halogens is 1. The van der Waals surface area contributed by atoms with Crippen LogP contribution in [0.15, 0.2) is 18.2 Å². The van der Waals surface area contributed by atoms with Crippen LogP contribution in [0.1, 0.15) is 10.4 Å². The zero-order valence-electron chi connectivity index (χ0n) is 7.68. The molecule has 82 valence electrons. The lowest BCUT2D eigenvalue weighted by Gasteiger charge is -2.16. The van der Waals surface area contributed by atoms with Crippen molar-refractivity contribution in [1.82, 2.24) is 0 Å². The average molecular weight is 225 g/mol. The van der Waals surface area contributed by atoms with Gasteiger partial charge in [0.25, 0.3) is 5.78 Å². The summed E-state index contributed by atoms with van der Waals surface area (Å²) < 4.78 is 17.4. The smallest absolute Gasteiger partial charge is 0.395 e. The van der Waals surface area contributed by atoms with Crippen LogP contribution in [0.2, 0.25) is 0 Å². The Kier molecular flexibility index (Phi) is 2.15. The van der Waals surface area contributed by atoms with Crippen molar-refractivity contribution < 1.29 is 23.6 Å². The molecule has 0 aromatic heterocycles. The number of nitro groups is 1. The molecule has 0 fully saturated rings. The number of ketones is 1. The van der Waals surface area contributed by atoms with Crippen molar-refractivity contribution in [1.29, 1.82) is 0 Å². The number of benzene rings is 1. The van der Waals surface area contributed by atoms with Crippen molar-refractivity contribution in [3.63, 3.8) is 0 Å². The van der Waals surface area contributed by atoms with Gasteiger partial charge in [-0.15, -0.1) is 0 Å². The van der Waals surface area contributed by atoms with Crippen molar-refractivity contribution in [3.8, 4) is 5.75 Å². The van der Waals surface area contributed by atoms with Gasteiger partial charge in [-0.1, -0.05) is 0 Å². The second kappa shape index (κ2) is 3.37. The quantitative estimate of drug-likeness (QED) is 0.229. The molecule has 0 unspecified atom stereocenters. The van der Waals surface area contributed by atoms with Gasteiger partial charge in [0.2, 0.25) is 0 Å². The molecule has 0 saturated heterocycles. The van der Waals surface area contributed by atoms with E-state index in [0.717, 1.165) is 18.2 Å². The highest BCUT2D eigenvalue weighted by atomic mass is 19.1. The molecule has 6 nitrogen and oxygen atoms in total. The SMILES string of the molecule is O=C1Oc2ccc(F)cc2C(=O)[C@H]1[N+](=O)[O-]. The predicted octanol–water partition coefficient (Wildman–Crippen LogP) is 0.573. The lowest BCUT2D eigenvalue weighted by Crippen LogP contribution is -2.43. The maximum Gasteiger partial charge on any atom is 0.395 e. The van der Waals surface area contributed by atoms with Gasteiger partial charge in [0.05, 0.1) is 5.56 Å². The molecule has 0 aliphatic carbocycles. The molecule has 1 atom stereocenters. The maximum absolute atomic E-state index is 12.8. The van der Waals surface area contributed by atoms with Crippen LogP contribution in [-0.4, -0.2) is 22.7 Å². The standard InChI is InChI=1S/C9H4FNO5/c10-4-1-2-6-5(3-4)8(12)7(11(14)15)9(13)16-6/h1-3,7H/t7-/m1/s1. The Labute approximate surface area is 87.8 Å². The summed E-state index contributed by atoms with van der Waals surface area (Å²) in [6, 6.07) is 0.776. The number of rotatable bonds is 1. The lowest BCUT2D eigenvalue weighted by atomic mass is 10.0. The van der Waals surface area contributed by atoms with E-state index in [-0.39, 0.29) is 11.3 Å². The Balaban J connectivity index is 2.55. The van der Waals surface area contributed by atoms with Crippen LogP contribution in [0.3, 0.4) is 0 Å². The number of esters is 1. The number of Topliss-reactive ketones (excluding diaryl/α,β-unsaturated/α-hetero) is 1. The minimum absolute atomic E-state index is 0.158. The third-order valence-corrected chi connectivity index (χ3v) is 2.10. The van der Waals surface area contributed by atoms with Crippen molar-refractivity contribution in [2.45, 2.75) is 6.04 Å². The number of hydrogen-bond donors (Lipinski definition) is 0. The van der Waals surface area contributed by atoms with Crippen molar-refractivity contribution in [3.05, 3.63) is 39.7 Å². The van der Waals surface area contributed by atoms with Gasteiger partial charge in [-0.05, 0) is 18.2 Å². The van der Waals surface area contributed by atoms with Crippen molar-refractivity contribution >= 4 is 11.8 Å². The Hall–Kier alpha value is -2.31. The second-order valence-electron chi connectivity index (χ2n) is 3.11. The molecule has 0 spiro atoms. The molecule has 7 heteroatoms. The molecule has 2 rings (SSSR count). The first-order valence-corrected chi connectivity index (χ1v) is 4.19. The first kappa shape index (κ1) is 10.2. The molecule has 1 aromatic rings. The van der Waals surface area contributed by atoms with Crippen molar-refractivity contribution in [2.24, 2.45) is 0 Å². The van der Waals surface area contributed by atoms with E-state index in [2.05, 4.69) is 4.74 Å². The summed E-state index contributed by atoms with van der Waals surface area (Å²) in [4.78, 5) is 32.0. The van der Waals surface area contributed by atoms with E-state index in [1.54, 1.807) is 0 Å². The van der Waals surface area contributed by atoms with Crippen LogP contribution < -0.4 is 4.74 Å². The van der Waals surface area contributed by atoms with Crippen molar-refractivity contribution in [2.75, 3.05) is 0 Å². The fourth-order valence-electron chi connectivity index (χ4n) is 1.38. The number of carbonyl (C=O) groups excluding carboxylic acids is 2. The van der Waals surface area contributed by atoms with Gasteiger partial charge in [0, 0.05) is 4.92 Å². The van der Waals surface area contributed by atoms with E-state index in [4.69, 9.17) is 0 Å². The van der Waals surface area contributed by atoms with Gasteiger partial charge in [-0.3, -0.25) is 14.9 Å². The van der Waals surface area contributed by atoms with E-state index in [0.29, 0.717) is 0 Å². The van der Waals surface area contributed by atoms with E-state index in [1.165, 1.54) is 0 Å². The van der Waals surface area contributed by atoms with E-state index in [9.17, 15) is 24.1 Å². The molecule has 0 N–H and O–H groups in total. The third kappa shape index (κ3) is 1.42. The molecule has 0 amide bonds. The average Bonchev–Trinajstić information content (AvgIpc) is 2.19. The topological polar surface area (TPSA) is 86.5 Å². The summed E-state index contributed by atoms with van der Waals surface area (Å²) >= 11 is 0. The molecular weight excluding hydrogens is 221 g/mol. The first-order chi connectivity index (χ1) is 7.50. The summed E-state index contributed by atoms with van der Waals surface area (Å²) in [5, 5.41) is 10.5. The highest BCUT2D eigenvalue weighted by molar-refractivity contribution is 6.15. The Morgan fingerprint density at radius 3 is 2.69 bits per heavy atom. The Morgan fingerprint density at radius 1 is 1.38 bits per heavy atom. The second-order valence-corrected chi connectivity index (χ2v) is 3.11. The fraction of sp³-hybridized carbons (Fsp3) is 0.111. The maximum atomic E-state index is 12.8. The monoisotopic (exact) mass is 225 g/mol. The Bertz CT molecular complexity index is 513. The zero-order valence-corrected chi connectivity index (χ0v) is 7.68. The largest absolute Gasteiger partial charge is 0.420 e. The van der Waals surface area contributed by atoms with Crippen LogP contribution in [0.4, 0.5) is 4.39 Å².